The van der Waals surface area contributed by atoms with E-state index in [0.29, 0.717) is 12.8 Å². The minimum Gasteiger partial charge on any atom is -0.747 e. The number of esters is 2. The van der Waals surface area contributed by atoms with E-state index in [1.165, 1.54) is 128 Å². The molecule has 0 amide bonds. The van der Waals surface area contributed by atoms with Crippen molar-refractivity contribution in [3.05, 3.63) is 0 Å². The first-order valence-corrected chi connectivity index (χ1v) is 24.2. The number of hydrogen-bond acceptors (Lipinski definition) is 12. The zero-order chi connectivity index (χ0) is 42.5. The van der Waals surface area contributed by atoms with Crippen molar-refractivity contribution in [2.24, 2.45) is 0 Å². The number of aliphatic carboxylic acids is 2. The number of unbranched alkanes of at least 4 members (excludes halogenated alkanes) is 26. The Hall–Kier alpha value is -1.04. The number of carboxylic acids is 2. The normalized spacial score (nSPS) is 12.4. The first-order chi connectivity index (χ1) is 26.6. The van der Waals surface area contributed by atoms with Crippen molar-refractivity contribution in [3.63, 3.8) is 0 Å². The Morgan fingerprint density at radius 1 is 0.491 bits per heavy atom. The monoisotopic (exact) mass is 882 g/mol. The molecule has 0 aromatic heterocycles. The smallest absolute Gasteiger partial charge is 0.747 e. The Kier molecular flexibility index (Phi) is 42.7. The summed E-state index contributed by atoms with van der Waals surface area (Å²) >= 11 is 0. The molecule has 0 aliphatic heterocycles. The second kappa shape index (κ2) is 40.4. The molecule has 2 unspecified atom stereocenters. The van der Waals surface area contributed by atoms with Gasteiger partial charge in [-0.3, -0.25) is 18.9 Å². The molecule has 0 aliphatic rings. The summed E-state index contributed by atoms with van der Waals surface area (Å²) in [5, 5.41) is 14.7. The molecule has 57 heavy (non-hydrogen) atoms. The van der Waals surface area contributed by atoms with E-state index in [0.717, 1.165) is 38.5 Å². The minimum absolute atomic E-state index is 0. The van der Waals surface area contributed by atoms with Crippen molar-refractivity contribution < 1.29 is 64.8 Å². The molecule has 2 N–H and O–H groups in total. The van der Waals surface area contributed by atoms with E-state index in [1.54, 1.807) is 0 Å². The summed E-state index contributed by atoms with van der Waals surface area (Å²) in [5.74, 6) is -5.79. The van der Waals surface area contributed by atoms with Gasteiger partial charge < -0.3 is 29.0 Å². The van der Waals surface area contributed by atoms with Crippen LogP contribution < -0.4 is 5.11 Å². The Bertz CT molecular complexity index is 1130. The van der Waals surface area contributed by atoms with Gasteiger partial charge in [0, 0.05) is 0 Å². The number of carboxylic acid groups (broad SMARTS) is 2. The summed E-state index contributed by atoms with van der Waals surface area (Å²) in [6.07, 6.45) is 31.8. The third-order valence-electron chi connectivity index (χ3n) is 9.47. The van der Waals surface area contributed by atoms with Crippen molar-refractivity contribution in [1.29, 1.82) is 0 Å². The van der Waals surface area contributed by atoms with Gasteiger partial charge in [0.15, 0.2) is 5.25 Å². The number of ether oxygens (including phenoxy) is 2. The fourth-order valence-electron chi connectivity index (χ4n) is 6.01. The maximum Gasteiger partial charge on any atom is 2.00 e. The third kappa shape index (κ3) is 41.5. The molecule has 0 heterocycles. The fourth-order valence-corrected chi connectivity index (χ4v) is 7.19. The van der Waals surface area contributed by atoms with Crippen molar-refractivity contribution in [3.8, 4) is 0 Å². The average Bonchev–Trinajstić information content (AvgIpc) is 3.11. The maximum atomic E-state index is 11.5. The Balaban J connectivity index is -0.00000101. The van der Waals surface area contributed by atoms with Crippen LogP contribution in [0.4, 0.5) is 0 Å². The van der Waals surface area contributed by atoms with Crippen LogP contribution in [-0.2, 0) is 48.9 Å². The summed E-state index contributed by atoms with van der Waals surface area (Å²) in [7, 11) is -9.95. The van der Waals surface area contributed by atoms with Gasteiger partial charge >= 0.3 is 55.6 Å². The molecule has 14 nitrogen and oxygen atoms in total. The van der Waals surface area contributed by atoms with Crippen LogP contribution in [0.2, 0.25) is 0 Å². The minimum atomic E-state index is -5.13. The van der Waals surface area contributed by atoms with E-state index in [9.17, 15) is 45.7 Å². The summed E-state index contributed by atoms with van der Waals surface area (Å²) in [5.41, 5.74) is 0. The fraction of sp³-hybridized carbons (Fsp3) is 0.900. The predicted molar refractivity (Wildman–Crippen MR) is 219 cm³/mol. The van der Waals surface area contributed by atoms with Gasteiger partial charge in [-0.25, -0.2) is 8.42 Å². The third-order valence-corrected chi connectivity index (χ3v) is 11.6. The quantitative estimate of drug-likeness (QED) is 0.0265. The predicted octanol–water partition coefficient (Wildman–Crippen LogP) is 7.43. The average molecular weight is 883 g/mol. The van der Waals surface area contributed by atoms with Crippen molar-refractivity contribution >= 4 is 81.9 Å². The topological polar surface area (TPSA) is 242 Å². The summed E-state index contributed by atoms with van der Waals surface area (Å²) in [4.78, 5) is 44.2. The van der Waals surface area contributed by atoms with Crippen LogP contribution in [0, 0.1) is 0 Å². The number of rotatable bonds is 38. The standard InChI is InChI=1S/2C20H38O7S.Ca/c2*1-2-3-4-5-6-7-8-9-10-11-12-13-14-15-16-27-19(21)17-18(20(22)23)28(24,25)26;/h2*18H,2-17H2,1H3,(H,22,23)(H,24,25,26);/q;;+2/p-2. The van der Waals surface area contributed by atoms with Crippen LogP contribution in [0.5, 0.6) is 0 Å². The first kappa shape index (κ1) is 60.3. The summed E-state index contributed by atoms with van der Waals surface area (Å²) in [6, 6.07) is 0. The van der Waals surface area contributed by atoms with Gasteiger partial charge in [0.05, 0.1) is 37.3 Å². The van der Waals surface area contributed by atoms with Crippen LogP contribution in [0.1, 0.15) is 206 Å². The number of carbonyl (C=O) groups excluding carboxylic acids is 3. The van der Waals surface area contributed by atoms with Crippen molar-refractivity contribution in [2.75, 3.05) is 13.2 Å². The molecule has 0 aromatic carbocycles. The van der Waals surface area contributed by atoms with E-state index < -0.39 is 67.5 Å². The summed E-state index contributed by atoms with van der Waals surface area (Å²) < 4.78 is 72.4. The van der Waals surface area contributed by atoms with E-state index in [-0.39, 0.29) is 51.0 Å². The van der Waals surface area contributed by atoms with Gasteiger partial charge in [-0.15, -0.1) is 0 Å². The molecule has 0 bridgehead atoms. The van der Waals surface area contributed by atoms with Gasteiger partial charge in [0.25, 0.3) is 10.1 Å². The van der Waals surface area contributed by atoms with Crippen LogP contribution in [0.3, 0.4) is 0 Å². The molecule has 0 aromatic rings. The molecule has 2 atom stereocenters. The largest absolute Gasteiger partial charge is 2.00 e. The maximum absolute atomic E-state index is 11.5. The SMILES string of the molecule is CCCCCCCCCCCCCCCCOC(=O)CC(C(=O)O)S(=O)(=O)O.CCCCCCCCCCCCCCCCOC(=O)CC(C(=O)[O-])S(=O)(=O)[O-].[Ca+2]. The van der Waals surface area contributed by atoms with E-state index in [4.69, 9.17) is 19.1 Å². The van der Waals surface area contributed by atoms with E-state index in [2.05, 4.69) is 13.8 Å². The molecular formula is C40H74CaO14S2. The van der Waals surface area contributed by atoms with Gasteiger partial charge in [0.1, 0.15) is 10.1 Å². The van der Waals surface area contributed by atoms with Crippen molar-refractivity contribution in [1.82, 2.24) is 0 Å². The van der Waals surface area contributed by atoms with E-state index in [1.807, 2.05) is 0 Å². The molecule has 0 spiro atoms. The Morgan fingerprint density at radius 2 is 0.737 bits per heavy atom. The van der Waals surface area contributed by atoms with Gasteiger partial charge in [-0.2, -0.15) is 8.42 Å². The molecule has 0 aliphatic carbocycles. The molecule has 0 fully saturated rings. The zero-order valence-corrected chi connectivity index (χ0v) is 38.9. The van der Waals surface area contributed by atoms with Gasteiger partial charge in [-0.05, 0) is 12.8 Å². The molecule has 0 radical (unpaired) electrons. The summed E-state index contributed by atoms with van der Waals surface area (Å²) in [6.45, 7) is 4.69. The van der Waals surface area contributed by atoms with Crippen LogP contribution >= 0.6 is 0 Å². The van der Waals surface area contributed by atoms with Crippen LogP contribution in [-0.4, -0.2) is 116 Å². The Morgan fingerprint density at radius 3 is 0.947 bits per heavy atom. The second-order valence-corrected chi connectivity index (χ2v) is 17.8. The molecular weight excluding hydrogens is 809 g/mol. The van der Waals surface area contributed by atoms with Crippen molar-refractivity contribution in [2.45, 2.75) is 217 Å². The van der Waals surface area contributed by atoms with E-state index >= 15 is 0 Å². The number of hydrogen-bond donors (Lipinski definition) is 2. The van der Waals surface area contributed by atoms with Gasteiger partial charge in [0.2, 0.25) is 0 Å². The molecule has 0 saturated heterocycles. The first-order valence-electron chi connectivity index (χ1n) is 21.2. The number of carbonyl (C=O) groups is 4. The van der Waals surface area contributed by atoms with Crippen LogP contribution in [0.25, 0.3) is 0 Å². The molecule has 332 valence electrons. The Labute approximate surface area is 374 Å². The zero-order valence-electron chi connectivity index (χ0n) is 35.1. The molecule has 0 saturated carbocycles. The van der Waals surface area contributed by atoms with Crippen LogP contribution in [0.15, 0.2) is 0 Å². The molecule has 17 heteroatoms. The second-order valence-electron chi connectivity index (χ2n) is 14.7. The van der Waals surface area contributed by atoms with Gasteiger partial charge in [-0.1, -0.05) is 181 Å². The molecule has 0 rings (SSSR count).